The maximum atomic E-state index is 4.62. The number of hydrogen-bond donors (Lipinski definition) is 1. The Kier molecular flexibility index (Phi) is 3.26. The van der Waals surface area contributed by atoms with Gasteiger partial charge in [-0.15, -0.1) is 11.3 Å². The highest BCUT2D eigenvalue weighted by molar-refractivity contribution is 7.99. The van der Waals surface area contributed by atoms with Crippen LogP contribution in [0.1, 0.15) is 5.69 Å². The molecule has 3 heterocycles. The summed E-state index contributed by atoms with van der Waals surface area (Å²) in [5, 5.41) is 7.06. The van der Waals surface area contributed by atoms with Gasteiger partial charge in [-0.3, -0.25) is 9.38 Å². The highest BCUT2D eigenvalue weighted by atomic mass is 32.2. The maximum Gasteiger partial charge on any atom is 0.194 e. The molecule has 0 spiro atoms. The zero-order valence-corrected chi connectivity index (χ0v) is 11.3. The van der Waals surface area contributed by atoms with E-state index in [1.54, 1.807) is 41.7 Å². The molecule has 5 nitrogen and oxygen atoms in total. The van der Waals surface area contributed by atoms with E-state index in [2.05, 4.69) is 24.7 Å². The molecule has 92 valence electrons. The van der Waals surface area contributed by atoms with Gasteiger partial charge in [-0.2, -0.15) is 0 Å². The Morgan fingerprint density at radius 1 is 1.44 bits per heavy atom. The largest absolute Gasteiger partial charge is 0.314 e. The molecule has 0 saturated carbocycles. The molecule has 0 amide bonds. The summed E-state index contributed by atoms with van der Waals surface area (Å²) in [6, 6.07) is 0. The summed E-state index contributed by atoms with van der Waals surface area (Å²) >= 11 is 3.18. The van der Waals surface area contributed by atoms with Crippen LogP contribution >= 0.6 is 23.1 Å². The smallest absolute Gasteiger partial charge is 0.194 e. The zero-order valence-electron chi connectivity index (χ0n) is 9.70. The second-order valence-electron chi connectivity index (χ2n) is 3.60. The third-order valence-electron chi connectivity index (χ3n) is 2.41. The molecular weight excluding hydrogens is 266 g/mol. The topological polar surface area (TPSA) is 55.1 Å². The van der Waals surface area contributed by atoms with Gasteiger partial charge in [0, 0.05) is 30.5 Å². The van der Waals surface area contributed by atoms with E-state index in [9.17, 15) is 0 Å². The highest BCUT2D eigenvalue weighted by Crippen LogP contribution is 2.30. The first-order valence-electron chi connectivity index (χ1n) is 5.41. The van der Waals surface area contributed by atoms with Crippen molar-refractivity contribution in [1.82, 2.24) is 24.7 Å². The Balaban J connectivity index is 2.00. The van der Waals surface area contributed by atoms with Crippen molar-refractivity contribution in [3.63, 3.8) is 0 Å². The summed E-state index contributed by atoms with van der Waals surface area (Å²) < 4.78 is 2.11. The lowest BCUT2D eigenvalue weighted by Gasteiger charge is -2.02. The Bertz CT molecular complexity index is 646. The normalized spacial score (nSPS) is 11.2. The molecule has 0 aliphatic heterocycles. The molecule has 0 unspecified atom stereocenters. The van der Waals surface area contributed by atoms with Crippen LogP contribution in [-0.2, 0) is 6.54 Å². The fourth-order valence-electron chi connectivity index (χ4n) is 1.66. The molecule has 0 bridgehead atoms. The minimum Gasteiger partial charge on any atom is -0.314 e. The van der Waals surface area contributed by atoms with Crippen LogP contribution in [0.3, 0.4) is 0 Å². The molecule has 0 atom stereocenters. The van der Waals surface area contributed by atoms with Gasteiger partial charge in [0.15, 0.2) is 4.96 Å². The molecule has 0 aromatic carbocycles. The van der Waals surface area contributed by atoms with Gasteiger partial charge in [-0.25, -0.2) is 9.97 Å². The summed E-state index contributed by atoms with van der Waals surface area (Å²) in [6.07, 6.45) is 7.16. The minimum atomic E-state index is 0.778. The van der Waals surface area contributed by atoms with Crippen LogP contribution in [0.15, 0.2) is 40.2 Å². The second kappa shape index (κ2) is 5.05. The van der Waals surface area contributed by atoms with Crippen molar-refractivity contribution < 1.29 is 0 Å². The predicted octanol–water partition coefficient (Wildman–Crippen LogP) is 2.06. The van der Waals surface area contributed by atoms with Crippen LogP contribution in [0.5, 0.6) is 0 Å². The molecule has 0 aliphatic carbocycles. The Labute approximate surface area is 112 Å². The summed E-state index contributed by atoms with van der Waals surface area (Å²) in [7, 11) is 1.93. The molecular formula is C11H11N5S2. The lowest BCUT2D eigenvalue weighted by atomic mass is 10.5. The molecule has 0 fully saturated rings. The summed E-state index contributed by atoms with van der Waals surface area (Å²) in [5.41, 5.74) is 1.16. The number of thiazole rings is 1. The maximum absolute atomic E-state index is 4.62. The van der Waals surface area contributed by atoms with Crippen molar-refractivity contribution in [3.05, 3.63) is 35.9 Å². The molecule has 0 saturated heterocycles. The monoisotopic (exact) mass is 277 g/mol. The third kappa shape index (κ3) is 2.12. The van der Waals surface area contributed by atoms with Crippen molar-refractivity contribution in [2.45, 2.75) is 16.6 Å². The Morgan fingerprint density at radius 3 is 3.17 bits per heavy atom. The quantitative estimate of drug-likeness (QED) is 0.791. The van der Waals surface area contributed by atoms with Gasteiger partial charge in [0.05, 0.1) is 11.9 Å². The predicted molar refractivity (Wildman–Crippen MR) is 72.0 cm³/mol. The van der Waals surface area contributed by atoms with Gasteiger partial charge >= 0.3 is 0 Å². The van der Waals surface area contributed by atoms with Crippen LogP contribution in [-0.4, -0.2) is 26.4 Å². The molecule has 0 radical (unpaired) electrons. The van der Waals surface area contributed by atoms with E-state index in [0.29, 0.717) is 0 Å². The van der Waals surface area contributed by atoms with Gasteiger partial charge in [-0.1, -0.05) is 0 Å². The first-order chi connectivity index (χ1) is 8.88. The Hall–Kier alpha value is -1.44. The van der Waals surface area contributed by atoms with E-state index in [0.717, 1.165) is 27.3 Å². The summed E-state index contributed by atoms with van der Waals surface area (Å²) in [5.74, 6) is 0. The van der Waals surface area contributed by atoms with Crippen molar-refractivity contribution >= 4 is 28.1 Å². The highest BCUT2D eigenvalue weighted by Gasteiger charge is 2.14. The van der Waals surface area contributed by atoms with Crippen LogP contribution in [0.4, 0.5) is 0 Å². The van der Waals surface area contributed by atoms with Crippen LogP contribution in [0.2, 0.25) is 0 Å². The van der Waals surface area contributed by atoms with Gasteiger partial charge in [0.25, 0.3) is 0 Å². The number of aromatic nitrogens is 4. The number of nitrogens with one attached hydrogen (secondary N) is 1. The van der Waals surface area contributed by atoms with Crippen molar-refractivity contribution in [1.29, 1.82) is 0 Å². The van der Waals surface area contributed by atoms with Crippen LogP contribution < -0.4 is 5.32 Å². The molecule has 1 N–H and O–H groups in total. The van der Waals surface area contributed by atoms with Crippen molar-refractivity contribution in [2.75, 3.05) is 7.05 Å². The van der Waals surface area contributed by atoms with Gasteiger partial charge < -0.3 is 5.32 Å². The fourth-order valence-corrected chi connectivity index (χ4v) is 3.30. The molecule has 18 heavy (non-hydrogen) atoms. The molecule has 3 aromatic heterocycles. The first-order valence-corrected chi connectivity index (χ1v) is 7.11. The Morgan fingerprint density at radius 2 is 2.39 bits per heavy atom. The van der Waals surface area contributed by atoms with Crippen LogP contribution in [0.25, 0.3) is 4.96 Å². The molecule has 3 aromatic rings. The van der Waals surface area contributed by atoms with Crippen LogP contribution in [0, 0.1) is 0 Å². The summed E-state index contributed by atoms with van der Waals surface area (Å²) in [6.45, 7) is 0.778. The average molecular weight is 277 g/mol. The average Bonchev–Trinajstić information content (AvgIpc) is 2.95. The number of nitrogens with zero attached hydrogens (tertiary/aromatic N) is 4. The van der Waals surface area contributed by atoms with Gasteiger partial charge in [0.2, 0.25) is 0 Å². The molecule has 0 aliphatic rings. The third-order valence-corrected chi connectivity index (χ3v) is 4.11. The number of imidazole rings is 1. The van der Waals surface area contributed by atoms with E-state index in [-0.39, 0.29) is 0 Å². The van der Waals surface area contributed by atoms with E-state index in [1.807, 2.05) is 18.6 Å². The van der Waals surface area contributed by atoms with Gasteiger partial charge in [0.1, 0.15) is 10.1 Å². The number of fused-ring (bicyclic) bond motifs is 1. The lowest BCUT2D eigenvalue weighted by molar-refractivity contribution is 0.765. The molecule has 7 heteroatoms. The number of hydrogen-bond acceptors (Lipinski definition) is 6. The fraction of sp³-hybridized carbons (Fsp3) is 0.182. The van der Waals surface area contributed by atoms with E-state index >= 15 is 0 Å². The number of rotatable bonds is 4. The van der Waals surface area contributed by atoms with E-state index in [4.69, 9.17) is 0 Å². The zero-order chi connectivity index (χ0) is 12.4. The van der Waals surface area contributed by atoms with E-state index < -0.39 is 0 Å². The lowest BCUT2D eigenvalue weighted by Crippen LogP contribution is -2.08. The minimum absolute atomic E-state index is 0.778. The van der Waals surface area contributed by atoms with Gasteiger partial charge in [-0.05, 0) is 18.8 Å². The molecule has 3 rings (SSSR count). The second-order valence-corrected chi connectivity index (χ2v) is 5.48. The van der Waals surface area contributed by atoms with Crippen molar-refractivity contribution in [3.8, 4) is 0 Å². The summed E-state index contributed by atoms with van der Waals surface area (Å²) in [4.78, 5) is 14.0. The van der Waals surface area contributed by atoms with Crippen molar-refractivity contribution in [2.24, 2.45) is 0 Å². The standard InChI is InChI=1S/C11H11N5S2/c1-12-6-8-10(15-11-16(8)4-5-17-11)18-9-7-13-2-3-14-9/h2-5,7,12H,6H2,1H3. The van der Waals surface area contributed by atoms with E-state index in [1.165, 1.54) is 0 Å². The SMILES string of the molecule is CNCc1c(Sc2cnccn2)nc2sccn12. The first kappa shape index (κ1) is 11.6.